The van der Waals surface area contributed by atoms with Gasteiger partial charge >= 0.3 is 0 Å². The number of hydrogen-bond acceptors (Lipinski definition) is 5. The lowest BCUT2D eigenvalue weighted by Crippen LogP contribution is -2.33. The van der Waals surface area contributed by atoms with E-state index >= 15 is 0 Å². The zero-order valence-electron chi connectivity index (χ0n) is 20.8. The first kappa shape index (κ1) is 25.1. The molecule has 5 rings (SSSR count). The van der Waals surface area contributed by atoms with Crippen molar-refractivity contribution in [3.8, 4) is 22.6 Å². The fourth-order valence-corrected chi connectivity index (χ4v) is 5.16. The molecule has 0 atom stereocenters. The number of ether oxygens (including phenoxy) is 1. The number of nitrogens with zero attached hydrogens (tertiary/aromatic N) is 1. The minimum atomic E-state index is -1.20. The molecule has 2 heterocycles. The van der Waals surface area contributed by atoms with E-state index in [1.165, 1.54) is 22.0 Å². The number of benzene rings is 2. The molecular weight excluding hydrogens is 498 g/mol. The van der Waals surface area contributed by atoms with Gasteiger partial charge in [-0.05, 0) is 69.5 Å². The number of nitrogens with one attached hydrogen (secondary N) is 1. The van der Waals surface area contributed by atoms with E-state index in [-0.39, 0.29) is 28.5 Å². The van der Waals surface area contributed by atoms with Crippen molar-refractivity contribution in [1.29, 1.82) is 0 Å². The van der Waals surface area contributed by atoms with Crippen molar-refractivity contribution < 1.29 is 23.4 Å². The molecule has 0 unspecified atom stereocenters. The van der Waals surface area contributed by atoms with E-state index in [1.807, 2.05) is 6.92 Å². The van der Waals surface area contributed by atoms with Gasteiger partial charge in [-0.15, -0.1) is 11.3 Å². The van der Waals surface area contributed by atoms with Crippen LogP contribution in [0.3, 0.4) is 0 Å². The molecule has 0 radical (unpaired) electrons. The molecule has 9 heteroatoms. The smallest absolute Gasteiger partial charge is 0.261 e. The fraction of sp³-hybridized carbons (Fsp3) is 0.286. The van der Waals surface area contributed by atoms with Gasteiger partial charge in [-0.1, -0.05) is 6.07 Å². The number of carbonyl (C=O) groups is 1. The molecule has 6 nitrogen and oxygen atoms in total. The lowest BCUT2D eigenvalue weighted by Gasteiger charge is -2.21. The summed E-state index contributed by atoms with van der Waals surface area (Å²) in [7, 11) is 1.61. The Morgan fingerprint density at radius 3 is 2.46 bits per heavy atom. The Balaban J connectivity index is 1.70. The summed E-state index contributed by atoms with van der Waals surface area (Å²) in [5, 5.41) is 14.1. The number of thiophene rings is 1. The first-order valence-corrected chi connectivity index (χ1v) is 12.6. The predicted octanol–water partition coefficient (Wildman–Crippen LogP) is 5.85. The second-order valence-corrected chi connectivity index (χ2v) is 11.3. The Hall–Kier alpha value is -3.56. The van der Waals surface area contributed by atoms with Crippen LogP contribution in [-0.4, -0.2) is 21.1 Å². The van der Waals surface area contributed by atoms with Gasteiger partial charge in [0, 0.05) is 36.0 Å². The van der Waals surface area contributed by atoms with Crippen LogP contribution in [-0.2, 0) is 12.6 Å². The molecule has 192 valence electrons. The van der Waals surface area contributed by atoms with Gasteiger partial charge < -0.3 is 19.7 Å². The average molecular weight is 525 g/mol. The van der Waals surface area contributed by atoms with E-state index in [9.17, 15) is 23.5 Å². The van der Waals surface area contributed by atoms with Crippen LogP contribution in [0.25, 0.3) is 21.2 Å². The van der Waals surface area contributed by atoms with Crippen molar-refractivity contribution in [2.24, 2.45) is 7.05 Å². The highest BCUT2D eigenvalue weighted by Crippen LogP contribution is 2.42. The number of amides is 1. The standard InChI is InChI=1S/C28H26F2N2O4S/c1-27(2,35)15-5-7-21(36-22-8-6-16(29)12-20(22)30)17(11-15)19-14-32(4)26(34)18-13-23(37-24(18)19)25(33)31-28(3)9-10-28/h5-8,11-14,35H,9-10H2,1-4H3,(H,31,33). The van der Waals surface area contributed by atoms with Crippen molar-refractivity contribution >= 4 is 27.3 Å². The predicted molar refractivity (Wildman–Crippen MR) is 139 cm³/mol. The summed E-state index contributed by atoms with van der Waals surface area (Å²) in [6, 6.07) is 9.57. The third kappa shape index (κ3) is 4.89. The second kappa shape index (κ2) is 8.78. The van der Waals surface area contributed by atoms with Crippen LogP contribution in [0.15, 0.2) is 53.5 Å². The van der Waals surface area contributed by atoms with Gasteiger partial charge in [0.1, 0.15) is 11.6 Å². The minimum Gasteiger partial charge on any atom is -0.454 e. The first-order chi connectivity index (χ1) is 17.3. The van der Waals surface area contributed by atoms with Crippen LogP contribution < -0.4 is 15.6 Å². The van der Waals surface area contributed by atoms with Crippen LogP contribution >= 0.6 is 11.3 Å². The van der Waals surface area contributed by atoms with Gasteiger partial charge in [-0.3, -0.25) is 9.59 Å². The molecule has 1 aliphatic carbocycles. The molecule has 1 fully saturated rings. The highest BCUT2D eigenvalue weighted by Gasteiger charge is 2.39. The molecule has 1 aliphatic rings. The highest BCUT2D eigenvalue weighted by atomic mass is 32.1. The molecule has 2 aromatic heterocycles. The topological polar surface area (TPSA) is 80.6 Å². The number of aromatic nitrogens is 1. The number of hydrogen-bond donors (Lipinski definition) is 2. The monoisotopic (exact) mass is 524 g/mol. The number of rotatable bonds is 6. The molecular formula is C28H26F2N2O4S. The average Bonchev–Trinajstić information content (AvgIpc) is 3.36. The molecule has 2 N–H and O–H groups in total. The zero-order chi connectivity index (χ0) is 26.7. The summed E-state index contributed by atoms with van der Waals surface area (Å²) in [6.45, 7) is 5.24. The number of halogens is 2. The van der Waals surface area contributed by atoms with E-state index in [2.05, 4.69) is 5.32 Å². The zero-order valence-corrected chi connectivity index (χ0v) is 21.6. The van der Waals surface area contributed by atoms with Gasteiger partial charge in [0.2, 0.25) is 0 Å². The Labute approximate surface area is 216 Å². The van der Waals surface area contributed by atoms with Gasteiger partial charge in [0.25, 0.3) is 11.5 Å². The quantitative estimate of drug-likeness (QED) is 0.332. The summed E-state index contributed by atoms with van der Waals surface area (Å²) in [4.78, 5) is 26.3. The molecule has 0 spiro atoms. The third-order valence-electron chi connectivity index (χ3n) is 6.58. The maximum Gasteiger partial charge on any atom is 0.261 e. The van der Waals surface area contributed by atoms with Crippen LogP contribution in [0.5, 0.6) is 11.5 Å². The maximum absolute atomic E-state index is 14.4. The van der Waals surface area contributed by atoms with Crippen LogP contribution in [0.2, 0.25) is 0 Å². The molecule has 0 saturated heterocycles. The summed E-state index contributed by atoms with van der Waals surface area (Å²) < 4.78 is 35.8. The largest absolute Gasteiger partial charge is 0.454 e. The van der Waals surface area contributed by atoms with Gasteiger partial charge in [-0.2, -0.15) is 0 Å². The number of carbonyl (C=O) groups excluding carboxylic acids is 1. The highest BCUT2D eigenvalue weighted by molar-refractivity contribution is 7.21. The molecule has 0 bridgehead atoms. The molecule has 4 aromatic rings. The van der Waals surface area contributed by atoms with E-state index in [1.54, 1.807) is 51.4 Å². The number of aryl methyl sites for hydroxylation is 1. The third-order valence-corrected chi connectivity index (χ3v) is 7.75. The molecule has 2 aromatic carbocycles. The van der Waals surface area contributed by atoms with E-state index in [0.717, 1.165) is 25.0 Å². The van der Waals surface area contributed by atoms with Crippen molar-refractivity contribution in [2.45, 2.75) is 44.8 Å². The van der Waals surface area contributed by atoms with Crippen LogP contribution in [0.1, 0.15) is 48.8 Å². The number of pyridine rings is 1. The first-order valence-electron chi connectivity index (χ1n) is 11.8. The summed E-state index contributed by atoms with van der Waals surface area (Å²) >= 11 is 1.18. The molecule has 1 saturated carbocycles. The summed E-state index contributed by atoms with van der Waals surface area (Å²) in [6.07, 6.45) is 3.44. The Kier molecular flexibility index (Phi) is 5.96. The normalized spacial score (nSPS) is 14.6. The van der Waals surface area contributed by atoms with Crippen molar-refractivity contribution in [2.75, 3.05) is 0 Å². The second-order valence-electron chi connectivity index (χ2n) is 10.3. The lowest BCUT2D eigenvalue weighted by molar-refractivity contribution is 0.0786. The Bertz CT molecular complexity index is 1610. The minimum absolute atomic E-state index is 0.177. The molecule has 0 aliphatic heterocycles. The molecule has 37 heavy (non-hydrogen) atoms. The van der Waals surface area contributed by atoms with Crippen LogP contribution in [0, 0.1) is 11.6 Å². The van der Waals surface area contributed by atoms with E-state index in [4.69, 9.17) is 4.74 Å². The summed E-state index contributed by atoms with van der Waals surface area (Å²) in [5.41, 5.74) is -0.0733. The SMILES string of the molecule is Cn1cc(-c2cc(C(C)(C)O)ccc2Oc2ccc(F)cc2F)c2sc(C(=O)NC3(C)CC3)cc2c1=O. The fourth-order valence-electron chi connectivity index (χ4n) is 4.09. The Morgan fingerprint density at radius 2 is 1.81 bits per heavy atom. The van der Waals surface area contributed by atoms with Crippen LogP contribution in [0.4, 0.5) is 8.78 Å². The summed E-state index contributed by atoms with van der Waals surface area (Å²) in [5.74, 6) is -1.78. The number of fused-ring (bicyclic) bond motifs is 1. The van der Waals surface area contributed by atoms with E-state index < -0.39 is 17.2 Å². The van der Waals surface area contributed by atoms with E-state index in [0.29, 0.717) is 31.7 Å². The van der Waals surface area contributed by atoms with Gasteiger partial charge in [0.15, 0.2) is 11.6 Å². The Morgan fingerprint density at radius 1 is 1.11 bits per heavy atom. The number of aliphatic hydroxyl groups is 1. The van der Waals surface area contributed by atoms with Gasteiger partial charge in [0.05, 0.1) is 20.6 Å². The van der Waals surface area contributed by atoms with Crippen molar-refractivity contribution in [1.82, 2.24) is 9.88 Å². The maximum atomic E-state index is 14.4. The van der Waals surface area contributed by atoms with Crippen molar-refractivity contribution in [3.05, 3.63) is 81.1 Å². The molecule has 1 amide bonds. The van der Waals surface area contributed by atoms with Crippen molar-refractivity contribution in [3.63, 3.8) is 0 Å². The lowest BCUT2D eigenvalue weighted by atomic mass is 9.94. The van der Waals surface area contributed by atoms with Gasteiger partial charge in [-0.25, -0.2) is 8.78 Å².